The molecule has 3 aromatic heterocycles. The normalized spacial score (nSPS) is 13.7. The Morgan fingerprint density at radius 3 is 2.50 bits per heavy atom. The van der Waals surface area contributed by atoms with Crippen molar-refractivity contribution in [3.05, 3.63) is 71.7 Å². The number of hydrogen-bond acceptors (Lipinski definition) is 10. The van der Waals surface area contributed by atoms with E-state index in [1.807, 2.05) is 62.7 Å². The first kappa shape index (κ1) is 30.5. The van der Waals surface area contributed by atoms with Gasteiger partial charge in [-0.3, -0.25) is 9.47 Å². The summed E-state index contributed by atoms with van der Waals surface area (Å²) in [7, 11) is 0. The second kappa shape index (κ2) is 13.5. The second-order valence-corrected chi connectivity index (χ2v) is 11.1. The molecule has 1 saturated heterocycles. The zero-order valence-corrected chi connectivity index (χ0v) is 24.8. The number of aromatic nitrogens is 4. The van der Waals surface area contributed by atoms with Crippen molar-refractivity contribution in [3.8, 4) is 5.82 Å². The molecule has 4 heterocycles. The molecule has 0 radical (unpaired) electrons. The molecule has 0 bridgehead atoms. The number of imidazole rings is 1. The maximum atomic E-state index is 10.7. The molecule has 42 heavy (non-hydrogen) atoms. The lowest BCUT2D eigenvalue weighted by Gasteiger charge is -2.26. The lowest BCUT2D eigenvalue weighted by atomic mass is 9.93. The molecule has 0 aliphatic carbocycles. The molecule has 1 aromatic carbocycles. The molecular weight excluding hydrogens is 536 g/mol. The highest BCUT2D eigenvalue weighted by atomic mass is 16.5. The lowest BCUT2D eigenvalue weighted by Crippen LogP contribution is -2.39. The number of nitrogen functional groups attached to an aromatic ring is 1. The van der Waals surface area contributed by atoms with Gasteiger partial charge in [0.15, 0.2) is 0 Å². The molecule has 1 aliphatic heterocycles. The van der Waals surface area contributed by atoms with E-state index in [9.17, 15) is 4.79 Å². The first-order valence-electron chi connectivity index (χ1n) is 13.9. The van der Waals surface area contributed by atoms with Gasteiger partial charge in [0.25, 0.3) is 0 Å². The van der Waals surface area contributed by atoms with E-state index in [4.69, 9.17) is 20.0 Å². The predicted octanol–water partition coefficient (Wildman–Crippen LogP) is 4.62. The molecule has 0 saturated carbocycles. The zero-order chi connectivity index (χ0) is 30.3. The largest absolute Gasteiger partial charge is 0.475 e. The number of aromatic carboxylic acids is 1. The van der Waals surface area contributed by atoms with E-state index in [0.717, 1.165) is 62.3 Å². The number of nitrogens with two attached hydrogens (primary N) is 1. The van der Waals surface area contributed by atoms with E-state index < -0.39 is 5.97 Å². The lowest BCUT2D eigenvalue weighted by molar-refractivity contribution is 0.0398. The zero-order valence-electron chi connectivity index (χ0n) is 24.8. The summed E-state index contributed by atoms with van der Waals surface area (Å²) in [6, 6.07) is 9.45. The van der Waals surface area contributed by atoms with E-state index in [1.165, 1.54) is 0 Å². The Morgan fingerprint density at radius 2 is 1.83 bits per heavy atom. The van der Waals surface area contributed by atoms with Crippen LogP contribution in [0.2, 0.25) is 0 Å². The van der Waals surface area contributed by atoms with Gasteiger partial charge in [-0.15, -0.1) is 0 Å². The van der Waals surface area contributed by atoms with E-state index in [2.05, 4.69) is 30.5 Å². The molecule has 0 unspecified atom stereocenters. The van der Waals surface area contributed by atoms with Gasteiger partial charge in [0.05, 0.1) is 13.2 Å². The molecule has 1 aliphatic rings. The van der Waals surface area contributed by atoms with Gasteiger partial charge in [-0.05, 0) is 37.6 Å². The average molecular weight is 577 g/mol. The summed E-state index contributed by atoms with van der Waals surface area (Å²) in [5.74, 6) is 1.93. The third kappa shape index (κ3) is 8.08. The number of carbonyl (C=O) groups is 1. The van der Waals surface area contributed by atoms with Crippen LogP contribution in [-0.4, -0.2) is 74.9 Å². The third-order valence-corrected chi connectivity index (χ3v) is 6.74. The van der Waals surface area contributed by atoms with Crippen molar-refractivity contribution in [2.24, 2.45) is 0 Å². The van der Waals surface area contributed by atoms with Crippen molar-refractivity contribution < 1.29 is 19.1 Å². The van der Waals surface area contributed by atoms with E-state index in [0.29, 0.717) is 23.0 Å². The van der Waals surface area contributed by atoms with Crippen LogP contribution in [0.5, 0.6) is 0 Å². The Balaban J connectivity index is 0.000000262. The van der Waals surface area contributed by atoms with Gasteiger partial charge in [-0.25, -0.2) is 19.7 Å². The van der Waals surface area contributed by atoms with Crippen LogP contribution in [0, 0.1) is 13.8 Å². The maximum absolute atomic E-state index is 10.7. The number of rotatable bonds is 8. The molecule has 224 valence electrons. The van der Waals surface area contributed by atoms with Crippen molar-refractivity contribution >= 4 is 29.1 Å². The fourth-order valence-corrected chi connectivity index (χ4v) is 4.28. The summed E-state index contributed by atoms with van der Waals surface area (Å²) in [5, 5.41) is 15.5. The molecule has 0 spiro atoms. The minimum absolute atomic E-state index is 0.0462. The van der Waals surface area contributed by atoms with Gasteiger partial charge in [0.1, 0.15) is 23.7 Å². The average Bonchev–Trinajstić information content (AvgIpc) is 3.59. The number of nitrogens with one attached hydrogen (secondary N) is 2. The number of anilines is 4. The van der Waals surface area contributed by atoms with Crippen molar-refractivity contribution in [2.45, 2.75) is 40.0 Å². The van der Waals surface area contributed by atoms with Crippen LogP contribution < -0.4 is 16.4 Å². The van der Waals surface area contributed by atoms with Gasteiger partial charge >= 0.3 is 5.97 Å². The third-order valence-electron chi connectivity index (χ3n) is 6.74. The summed E-state index contributed by atoms with van der Waals surface area (Å²) in [4.78, 5) is 26.2. The fourth-order valence-electron chi connectivity index (χ4n) is 4.28. The second-order valence-electron chi connectivity index (χ2n) is 11.1. The van der Waals surface area contributed by atoms with Crippen LogP contribution in [0.4, 0.5) is 23.1 Å². The number of aryl methyl sites for hydroxylation is 2. The first-order chi connectivity index (χ1) is 20.0. The Hall–Kier alpha value is -4.42. The minimum Gasteiger partial charge on any atom is -0.475 e. The molecule has 4 aromatic rings. The summed E-state index contributed by atoms with van der Waals surface area (Å²) >= 11 is 0. The van der Waals surface area contributed by atoms with Crippen LogP contribution in [0.3, 0.4) is 0 Å². The van der Waals surface area contributed by atoms with Crippen molar-refractivity contribution in [3.63, 3.8) is 0 Å². The van der Waals surface area contributed by atoms with E-state index in [1.54, 1.807) is 25.5 Å². The fraction of sp³-hybridized carbons (Fsp3) is 0.400. The number of ether oxygens (including phenoxy) is 1. The molecule has 5 N–H and O–H groups in total. The van der Waals surface area contributed by atoms with Crippen LogP contribution in [-0.2, 0) is 10.2 Å². The molecule has 12 heteroatoms. The molecule has 0 amide bonds. The summed E-state index contributed by atoms with van der Waals surface area (Å²) in [6.45, 7) is 15.0. The Bertz CT molecular complexity index is 1480. The Labute approximate surface area is 245 Å². The van der Waals surface area contributed by atoms with Crippen molar-refractivity contribution in [2.75, 3.05) is 55.8 Å². The smallest absolute Gasteiger partial charge is 0.372 e. The number of carboxylic acids is 1. The number of benzene rings is 1. The van der Waals surface area contributed by atoms with Gasteiger partial charge in [-0.1, -0.05) is 26.8 Å². The Morgan fingerprint density at radius 1 is 1.07 bits per heavy atom. The SMILES string of the molecule is Cc1cc(C(C)(C)C)oc1C(=O)O.Cc1ccc(N)cc1Nc1nccn1-c1cc(NCCN2CCOCC2)ncn1. The molecule has 5 rings (SSSR count). The predicted molar refractivity (Wildman–Crippen MR) is 163 cm³/mol. The van der Waals surface area contributed by atoms with Gasteiger partial charge < -0.3 is 30.6 Å². The van der Waals surface area contributed by atoms with Crippen LogP contribution in [0.15, 0.2) is 53.5 Å². The van der Waals surface area contributed by atoms with Crippen molar-refractivity contribution in [1.82, 2.24) is 24.4 Å². The number of hydrogen-bond donors (Lipinski definition) is 4. The topological polar surface area (TPSA) is 157 Å². The van der Waals surface area contributed by atoms with E-state index in [-0.39, 0.29) is 11.2 Å². The van der Waals surface area contributed by atoms with Crippen LogP contribution in [0.1, 0.15) is 48.2 Å². The standard InChI is InChI=1S/C20H26N8O.C10H14O3/c1-15-2-3-16(21)12-17(15)26-20-23-5-7-28(20)19-13-18(24-14-25-19)22-4-6-27-8-10-29-11-9-27;1-6-5-7(10(2,3)4)13-8(6)9(11)12/h2-3,5,7,12-14H,4,6,8-11,21H2,1H3,(H,23,26)(H,22,24,25);5H,1-4H3,(H,11,12). The van der Waals surface area contributed by atoms with Crippen LogP contribution >= 0.6 is 0 Å². The number of nitrogens with zero attached hydrogens (tertiary/aromatic N) is 5. The summed E-state index contributed by atoms with van der Waals surface area (Å²) in [6.07, 6.45) is 5.16. The van der Waals surface area contributed by atoms with Gasteiger partial charge in [0, 0.05) is 67.0 Å². The Kier molecular flexibility index (Phi) is 9.81. The minimum atomic E-state index is -1.01. The highest BCUT2D eigenvalue weighted by Gasteiger charge is 2.22. The monoisotopic (exact) mass is 576 g/mol. The van der Waals surface area contributed by atoms with Gasteiger partial charge in [-0.2, -0.15) is 0 Å². The summed E-state index contributed by atoms with van der Waals surface area (Å²) in [5.41, 5.74) is 9.15. The number of carboxylic acid groups (broad SMARTS) is 1. The quantitative estimate of drug-likeness (QED) is 0.217. The molecule has 12 nitrogen and oxygen atoms in total. The van der Waals surface area contributed by atoms with Crippen molar-refractivity contribution in [1.29, 1.82) is 0 Å². The first-order valence-corrected chi connectivity index (χ1v) is 13.9. The molecule has 1 fully saturated rings. The van der Waals surface area contributed by atoms with Crippen LogP contribution in [0.25, 0.3) is 5.82 Å². The van der Waals surface area contributed by atoms with Gasteiger partial charge in [0.2, 0.25) is 11.7 Å². The number of morpholine rings is 1. The molecular formula is C30H40N8O4. The number of furan rings is 1. The summed E-state index contributed by atoms with van der Waals surface area (Å²) < 4.78 is 12.5. The molecule has 0 atom stereocenters. The van der Waals surface area contributed by atoms with E-state index >= 15 is 0 Å². The maximum Gasteiger partial charge on any atom is 0.372 e. The highest BCUT2D eigenvalue weighted by molar-refractivity contribution is 5.86. The highest BCUT2D eigenvalue weighted by Crippen LogP contribution is 2.27.